The lowest BCUT2D eigenvalue weighted by Gasteiger charge is -2.44. The first-order valence-corrected chi connectivity index (χ1v) is 44.4. The molecule has 610 valence electrons. The molecule has 6 aliphatic rings. The number of thiazole rings is 1. The van der Waals surface area contributed by atoms with E-state index in [4.69, 9.17) is 16.3 Å². The van der Waals surface area contributed by atoms with Crippen LogP contribution in [0.1, 0.15) is 145 Å². The van der Waals surface area contributed by atoms with Crippen molar-refractivity contribution in [3.8, 4) is 10.4 Å². The first kappa shape index (κ1) is 84.9. The molecule has 30 heteroatoms. The molecule has 5 amide bonds. The first-order chi connectivity index (χ1) is 53.8. The summed E-state index contributed by atoms with van der Waals surface area (Å²) in [6.07, 6.45) is 6.79. The number of likely N-dealkylation sites (tertiary alicyclic amines) is 2. The van der Waals surface area contributed by atoms with Crippen molar-refractivity contribution in [3.05, 3.63) is 160 Å². The van der Waals surface area contributed by atoms with E-state index >= 15 is 0 Å². The van der Waals surface area contributed by atoms with Crippen LogP contribution in [0.3, 0.4) is 0 Å². The normalized spacial score (nSPS) is 21.6. The van der Waals surface area contributed by atoms with Crippen LogP contribution in [0, 0.1) is 17.8 Å². The molecular formula is C83H105ClF3N11O11S4. The average Bonchev–Trinajstić information content (AvgIpc) is 1.37. The second-order valence-corrected chi connectivity index (χ2v) is 38.5. The maximum Gasteiger partial charge on any atom is 0.501 e. The number of aryl methyl sites for hydroxylation is 1. The zero-order chi connectivity index (χ0) is 80.6. The number of nitrogens with one attached hydrogen (secondary N) is 4. The van der Waals surface area contributed by atoms with Gasteiger partial charge in [-0.3, -0.25) is 38.7 Å². The summed E-state index contributed by atoms with van der Waals surface area (Å²) in [5.41, 5.74) is 2.39. The molecule has 0 spiro atoms. The zero-order valence-corrected chi connectivity index (χ0v) is 69.1. The van der Waals surface area contributed by atoms with Crippen molar-refractivity contribution >= 4 is 101 Å². The van der Waals surface area contributed by atoms with Gasteiger partial charge >= 0.3 is 5.51 Å². The number of hydrogen-bond donors (Lipinski definition) is 5. The number of alkyl halides is 3. The van der Waals surface area contributed by atoms with Crippen LogP contribution in [0.15, 0.2) is 147 Å². The minimum absolute atomic E-state index is 0.0207. The summed E-state index contributed by atoms with van der Waals surface area (Å²) in [7, 11) is -11.0. The molecular weight excluding hydrogens is 1550 g/mol. The Bertz CT molecular complexity index is 4600. The molecule has 22 nitrogen and oxygen atoms in total. The number of anilines is 2. The standard InChI is InChI=1S/C83H105ClF3N11O11S4/c1-55(57-18-20-59(21-19-57)76-56(2)88-54-111-76)89-79(103)72-45-66(99)49-98(72)80(104)77(81(3,4)5)91-74(100)16-12-7-8-13-17-75(101)96-42-38-94(39-43-96)53-82(6)34-32-70(58-22-26-62(84)27-23-58)61(47-82)48-93-36-40-95(41-37-93)64-28-24-60(25-29-64)78(102)92-113(107,108)69-30-31-71(73(46-69)112(105,106)83(85,86)87)90-63(52-110-68-14-10-9-11-15-68)33-35-97-50-67-44-65(97)51-109-67/h9-11,14-15,18-31,46,54-55,63,65-67,72,77,90,99H,7-8,12-13,16-17,32-45,47-53H2,1-6H3,(H,89,103)(H,91,100)(H,92,102)/t55-,63+,65+,66+,67+,72-,77+,82+/m0/s1. The highest BCUT2D eigenvalue weighted by molar-refractivity contribution is 7.99. The maximum atomic E-state index is 14.5. The monoisotopic (exact) mass is 1650 g/mol. The topological polar surface area (TPSA) is 264 Å². The van der Waals surface area contributed by atoms with Gasteiger partial charge < -0.3 is 40.5 Å². The number of rotatable bonds is 31. The van der Waals surface area contributed by atoms with Gasteiger partial charge in [-0.1, -0.05) is 112 Å². The Kier molecular flexibility index (Phi) is 27.7. The number of thioether (sulfide) groups is 1. The predicted molar refractivity (Wildman–Crippen MR) is 436 cm³/mol. The molecule has 0 unspecified atom stereocenters. The van der Waals surface area contributed by atoms with E-state index in [9.17, 15) is 59.1 Å². The Labute approximate surface area is 675 Å². The van der Waals surface area contributed by atoms with E-state index < -0.39 is 82.3 Å². The molecule has 2 bridgehead atoms. The van der Waals surface area contributed by atoms with Crippen molar-refractivity contribution in [2.24, 2.45) is 10.8 Å². The second kappa shape index (κ2) is 36.8. The van der Waals surface area contributed by atoms with Gasteiger partial charge in [0.05, 0.1) is 51.5 Å². The Morgan fingerprint density at radius 2 is 1.48 bits per heavy atom. The van der Waals surface area contributed by atoms with Crippen molar-refractivity contribution < 1.29 is 63.8 Å². The summed E-state index contributed by atoms with van der Waals surface area (Å²) >= 11 is 9.42. The minimum atomic E-state index is -6.11. The number of aliphatic hydroxyl groups excluding tert-OH is 1. The number of benzene rings is 5. The molecule has 12 rings (SSSR count). The number of β-amino-alcohol motifs (C(OH)–C–C–N with tert-alkyl or cyclic N) is 1. The Hall–Kier alpha value is -7.45. The number of carbonyl (C=O) groups is 5. The number of morpholine rings is 1. The Morgan fingerprint density at radius 3 is 2.12 bits per heavy atom. The van der Waals surface area contributed by atoms with Crippen LogP contribution >= 0.6 is 34.7 Å². The first-order valence-electron chi connectivity index (χ1n) is 39.2. The predicted octanol–water partition coefficient (Wildman–Crippen LogP) is 12.2. The van der Waals surface area contributed by atoms with Crippen LogP contribution < -0.4 is 25.6 Å². The smallest absolute Gasteiger partial charge is 0.391 e. The molecule has 5 aromatic carbocycles. The highest BCUT2D eigenvalue weighted by Crippen LogP contribution is 2.45. The lowest BCUT2D eigenvalue weighted by atomic mass is 9.71. The molecule has 1 aromatic heterocycles. The Morgan fingerprint density at radius 1 is 0.796 bits per heavy atom. The van der Waals surface area contributed by atoms with Crippen molar-refractivity contribution in [2.75, 3.05) is 108 Å². The number of sulfonamides is 1. The number of sulfone groups is 1. The van der Waals surface area contributed by atoms with Gasteiger partial charge in [0, 0.05) is 143 Å². The summed E-state index contributed by atoms with van der Waals surface area (Å²) in [6, 6.07) is 31.6. The molecule has 1 aliphatic carbocycles. The quantitative estimate of drug-likeness (QED) is 0.0200. The molecule has 8 atom stereocenters. The van der Waals surface area contributed by atoms with E-state index in [1.807, 2.05) is 116 Å². The number of aliphatic hydroxyl groups is 1. The largest absolute Gasteiger partial charge is 0.501 e. The van der Waals surface area contributed by atoms with Crippen molar-refractivity contribution in [3.63, 3.8) is 0 Å². The van der Waals surface area contributed by atoms with Crippen molar-refractivity contribution in [1.29, 1.82) is 0 Å². The number of hydrogen-bond acceptors (Lipinski definition) is 19. The van der Waals surface area contributed by atoms with E-state index in [0.717, 1.165) is 128 Å². The highest BCUT2D eigenvalue weighted by atomic mass is 35.5. The molecule has 0 radical (unpaired) electrons. The number of aromatic nitrogens is 1. The molecule has 5 N–H and O–H groups in total. The van der Waals surface area contributed by atoms with E-state index in [2.05, 4.69) is 59.6 Å². The molecule has 5 fully saturated rings. The van der Waals surface area contributed by atoms with Crippen LogP contribution in [0.5, 0.6) is 0 Å². The minimum Gasteiger partial charge on any atom is -0.391 e. The SMILES string of the molecule is Cc1ncsc1-c1ccc([C@H](C)NC(=O)[C@@H]2C[C@@H](O)CN2C(=O)[C@@H](NC(=O)CCCCCCC(=O)N2CCN(C[C@]3(C)CCC(c4ccc(Cl)cc4)=C(CN4CCN(c5ccc(C(=O)NS(=O)(=O)c6ccc(N[C@H](CCN7C[C@H]8C[C@@H]7CO8)CSc7ccccc7)c(S(=O)(=O)C(F)(F)F)c6)cc5)CC4)C3)CC2)C(C)(C)C)cc1. The number of piperazine rings is 2. The van der Waals surface area contributed by atoms with Gasteiger partial charge in [-0.25, -0.2) is 26.5 Å². The number of allylic oxidation sites excluding steroid dienone is 1. The van der Waals surface area contributed by atoms with Crippen LogP contribution in [0.25, 0.3) is 16.0 Å². The molecule has 0 saturated carbocycles. The molecule has 6 heterocycles. The van der Waals surface area contributed by atoms with Gasteiger partial charge in [-0.05, 0) is 159 Å². The fourth-order valence-corrected chi connectivity index (χ4v) is 20.4. The van der Waals surface area contributed by atoms with Gasteiger partial charge in [0.25, 0.3) is 25.8 Å². The van der Waals surface area contributed by atoms with Crippen LogP contribution in [-0.2, 0) is 43.8 Å². The van der Waals surface area contributed by atoms with Gasteiger partial charge in [0.2, 0.25) is 23.6 Å². The number of halogens is 4. The Balaban J connectivity index is 0.582. The number of nitrogens with zero attached hydrogens (tertiary/aromatic N) is 7. The van der Waals surface area contributed by atoms with Gasteiger partial charge in [0.15, 0.2) is 0 Å². The van der Waals surface area contributed by atoms with Crippen LogP contribution in [-0.4, -0.2) is 220 Å². The molecule has 5 aliphatic heterocycles. The summed E-state index contributed by atoms with van der Waals surface area (Å²) in [5.74, 6) is -1.63. The van der Waals surface area contributed by atoms with Crippen molar-refractivity contribution in [2.45, 2.75) is 181 Å². The van der Waals surface area contributed by atoms with Gasteiger partial charge in [0.1, 0.15) is 17.0 Å². The summed E-state index contributed by atoms with van der Waals surface area (Å²) < 4.78 is 105. The third-order valence-corrected chi connectivity index (χ3v) is 28.1. The van der Waals surface area contributed by atoms with E-state index in [1.165, 1.54) is 39.9 Å². The lowest BCUT2D eigenvalue weighted by molar-refractivity contribution is -0.144. The van der Waals surface area contributed by atoms with Gasteiger partial charge in [-0.2, -0.15) is 13.2 Å². The van der Waals surface area contributed by atoms with Crippen LogP contribution in [0.4, 0.5) is 24.5 Å². The number of ether oxygens (including phenoxy) is 1. The number of carbonyl (C=O) groups excluding carboxylic acids is 5. The average molecular weight is 1650 g/mol. The second-order valence-electron chi connectivity index (χ2n) is 32.5. The third kappa shape index (κ3) is 21.6. The third-order valence-electron chi connectivity index (χ3n) is 22.9. The fraction of sp³-hybridized carbons (Fsp3) is 0.518. The van der Waals surface area contributed by atoms with Gasteiger partial charge in [-0.15, -0.1) is 23.1 Å². The fourth-order valence-electron chi connectivity index (χ4n) is 16.5. The maximum absolute atomic E-state index is 14.5. The molecule has 5 saturated heterocycles. The van der Waals surface area contributed by atoms with E-state index in [0.29, 0.717) is 88.4 Å². The number of unbranched alkanes of at least 4 members (excludes halogenated alkanes) is 3. The van der Waals surface area contributed by atoms with Crippen LogP contribution in [0.2, 0.25) is 5.02 Å². The van der Waals surface area contributed by atoms with Crippen molar-refractivity contribution in [1.82, 2.24) is 44.8 Å². The summed E-state index contributed by atoms with van der Waals surface area (Å²) in [5, 5.41) is 20.5. The highest BCUT2D eigenvalue weighted by Gasteiger charge is 2.50. The zero-order valence-electron chi connectivity index (χ0n) is 65.1. The summed E-state index contributed by atoms with van der Waals surface area (Å²) in [6.45, 7) is 20.9. The molecule has 113 heavy (non-hydrogen) atoms. The summed E-state index contributed by atoms with van der Waals surface area (Å²) in [4.78, 5) is 85.9. The van der Waals surface area contributed by atoms with E-state index in [1.54, 1.807) is 23.5 Å². The van der Waals surface area contributed by atoms with E-state index in [-0.39, 0.29) is 66.3 Å². The lowest BCUT2D eigenvalue weighted by Crippen LogP contribution is -2.57. The molecule has 6 aromatic rings. The number of amides is 5. The number of fused-ring (bicyclic) bond motifs is 2.